The molecule has 1 aromatic rings. The van der Waals surface area contributed by atoms with Gasteiger partial charge < -0.3 is 10.4 Å². The van der Waals surface area contributed by atoms with Crippen LogP contribution in [-0.4, -0.2) is 23.0 Å². The van der Waals surface area contributed by atoms with Gasteiger partial charge in [0.2, 0.25) is 5.91 Å². The predicted molar refractivity (Wildman–Crippen MR) is 73.8 cm³/mol. The fourth-order valence-corrected chi connectivity index (χ4v) is 1.96. The van der Waals surface area contributed by atoms with Crippen molar-refractivity contribution in [3.05, 3.63) is 35.6 Å². The molecule has 1 rings (SSSR count). The Morgan fingerprint density at radius 2 is 1.85 bits per heavy atom. The van der Waals surface area contributed by atoms with E-state index in [2.05, 4.69) is 5.32 Å². The van der Waals surface area contributed by atoms with E-state index in [1.165, 1.54) is 12.1 Å². The van der Waals surface area contributed by atoms with Crippen molar-refractivity contribution in [3.63, 3.8) is 0 Å². The molecule has 0 radical (unpaired) electrons. The van der Waals surface area contributed by atoms with Crippen LogP contribution in [0.15, 0.2) is 24.3 Å². The lowest BCUT2D eigenvalue weighted by Gasteiger charge is -2.19. The maximum Gasteiger partial charge on any atom is 0.326 e. The Labute approximate surface area is 118 Å². The Kier molecular flexibility index (Phi) is 5.67. The normalized spacial score (nSPS) is 13.8. The van der Waals surface area contributed by atoms with Crippen molar-refractivity contribution >= 4 is 11.9 Å². The summed E-state index contributed by atoms with van der Waals surface area (Å²) in [6.45, 7) is 5.31. The summed E-state index contributed by atoms with van der Waals surface area (Å²) in [5.41, 5.74) is 0.263. The highest BCUT2D eigenvalue weighted by molar-refractivity contribution is 5.87. The number of nitrogens with one attached hydrogen (secondary N) is 1. The zero-order valence-electron chi connectivity index (χ0n) is 11.9. The second-order valence-electron chi connectivity index (χ2n) is 5.27. The third kappa shape index (κ3) is 4.33. The topological polar surface area (TPSA) is 66.4 Å². The van der Waals surface area contributed by atoms with Crippen LogP contribution in [0.5, 0.6) is 0 Å². The number of carbonyl (C=O) groups is 2. The van der Waals surface area contributed by atoms with Gasteiger partial charge in [-0.1, -0.05) is 32.0 Å². The molecule has 20 heavy (non-hydrogen) atoms. The Morgan fingerprint density at radius 1 is 1.25 bits per heavy atom. The lowest BCUT2D eigenvalue weighted by atomic mass is 9.98. The third-order valence-electron chi connectivity index (χ3n) is 3.09. The van der Waals surface area contributed by atoms with E-state index >= 15 is 0 Å². The molecule has 0 aliphatic heterocycles. The maximum atomic E-state index is 13.6. The molecule has 2 atom stereocenters. The minimum atomic E-state index is -1.08. The highest BCUT2D eigenvalue weighted by Crippen LogP contribution is 2.19. The molecule has 0 heterocycles. The van der Waals surface area contributed by atoms with Crippen molar-refractivity contribution in [2.24, 2.45) is 5.92 Å². The van der Waals surface area contributed by atoms with E-state index in [9.17, 15) is 14.0 Å². The number of hydrogen-bond donors (Lipinski definition) is 2. The van der Waals surface area contributed by atoms with Crippen molar-refractivity contribution in [1.29, 1.82) is 0 Å². The molecule has 110 valence electrons. The molecule has 0 unspecified atom stereocenters. The molecule has 0 aromatic heterocycles. The van der Waals surface area contributed by atoms with E-state index < -0.39 is 29.7 Å². The largest absolute Gasteiger partial charge is 0.480 e. The van der Waals surface area contributed by atoms with Crippen molar-refractivity contribution in [1.82, 2.24) is 5.32 Å². The molecule has 2 N–H and O–H groups in total. The lowest BCUT2D eigenvalue weighted by Crippen LogP contribution is -2.43. The van der Waals surface area contributed by atoms with Gasteiger partial charge in [-0.05, 0) is 30.9 Å². The summed E-state index contributed by atoms with van der Waals surface area (Å²) in [5.74, 6) is -2.62. The molecule has 0 fully saturated rings. The quantitative estimate of drug-likeness (QED) is 0.842. The molecule has 1 aromatic carbocycles. The van der Waals surface area contributed by atoms with Crippen molar-refractivity contribution in [2.75, 3.05) is 0 Å². The molecular weight excluding hydrogens is 261 g/mol. The molecule has 4 nitrogen and oxygen atoms in total. The van der Waals surface area contributed by atoms with Crippen LogP contribution >= 0.6 is 0 Å². The fourth-order valence-electron chi connectivity index (χ4n) is 1.96. The molecule has 0 saturated heterocycles. The molecule has 0 saturated carbocycles. The number of benzene rings is 1. The number of amides is 1. The summed E-state index contributed by atoms with van der Waals surface area (Å²) < 4.78 is 13.6. The van der Waals surface area contributed by atoms with E-state index in [1.54, 1.807) is 19.1 Å². The summed E-state index contributed by atoms with van der Waals surface area (Å²) in [6.07, 6.45) is 0.338. The minimum absolute atomic E-state index is 0.139. The minimum Gasteiger partial charge on any atom is -0.480 e. The van der Waals surface area contributed by atoms with Crippen LogP contribution in [0.4, 0.5) is 4.39 Å². The molecule has 1 amide bonds. The Morgan fingerprint density at radius 3 is 2.35 bits per heavy atom. The second-order valence-corrected chi connectivity index (χ2v) is 5.27. The van der Waals surface area contributed by atoms with Gasteiger partial charge in [0.15, 0.2) is 0 Å². The predicted octanol–water partition coefficient (Wildman–Crippen LogP) is 2.54. The lowest BCUT2D eigenvalue weighted by molar-refractivity contribution is -0.142. The second kappa shape index (κ2) is 7.03. The molecule has 5 heteroatoms. The number of carboxylic acids is 1. The molecule has 0 aliphatic rings. The Bertz CT molecular complexity index is 488. The van der Waals surface area contributed by atoms with Crippen LogP contribution in [0.1, 0.15) is 38.7 Å². The van der Waals surface area contributed by atoms with Gasteiger partial charge in [-0.3, -0.25) is 4.79 Å². The third-order valence-corrected chi connectivity index (χ3v) is 3.09. The van der Waals surface area contributed by atoms with Crippen molar-refractivity contribution < 1.29 is 19.1 Å². The zero-order chi connectivity index (χ0) is 15.3. The van der Waals surface area contributed by atoms with Gasteiger partial charge in [-0.25, -0.2) is 9.18 Å². The van der Waals surface area contributed by atoms with Gasteiger partial charge in [0.25, 0.3) is 0 Å². The smallest absolute Gasteiger partial charge is 0.326 e. The summed E-state index contributed by atoms with van der Waals surface area (Å²) in [5, 5.41) is 11.6. The summed E-state index contributed by atoms with van der Waals surface area (Å²) in [4.78, 5) is 23.2. The van der Waals surface area contributed by atoms with Gasteiger partial charge >= 0.3 is 5.97 Å². The van der Waals surface area contributed by atoms with Crippen LogP contribution in [0.3, 0.4) is 0 Å². The first-order valence-electron chi connectivity index (χ1n) is 6.60. The number of aliphatic carboxylic acids is 1. The average Bonchev–Trinajstić information content (AvgIpc) is 2.37. The van der Waals surface area contributed by atoms with Crippen LogP contribution in [0.2, 0.25) is 0 Å². The highest BCUT2D eigenvalue weighted by Gasteiger charge is 2.25. The summed E-state index contributed by atoms with van der Waals surface area (Å²) >= 11 is 0. The van der Waals surface area contributed by atoms with Crippen molar-refractivity contribution in [3.8, 4) is 0 Å². The van der Waals surface area contributed by atoms with Crippen LogP contribution in [-0.2, 0) is 9.59 Å². The Balaban J connectivity index is 2.79. The van der Waals surface area contributed by atoms with E-state index in [0.29, 0.717) is 6.42 Å². The SMILES string of the molecule is CC(C)C[C@@H](NC(=O)[C@H](C)c1ccccc1F)C(=O)O. The number of rotatable bonds is 6. The average molecular weight is 281 g/mol. The highest BCUT2D eigenvalue weighted by atomic mass is 19.1. The van der Waals surface area contributed by atoms with Gasteiger partial charge in [-0.2, -0.15) is 0 Å². The maximum absolute atomic E-state index is 13.6. The van der Waals surface area contributed by atoms with E-state index in [-0.39, 0.29) is 11.5 Å². The first-order valence-corrected chi connectivity index (χ1v) is 6.60. The first-order chi connectivity index (χ1) is 9.32. The van der Waals surface area contributed by atoms with Crippen LogP contribution in [0.25, 0.3) is 0 Å². The zero-order valence-corrected chi connectivity index (χ0v) is 11.9. The molecule has 0 spiro atoms. The number of carboxylic acid groups (broad SMARTS) is 1. The van der Waals surface area contributed by atoms with Gasteiger partial charge in [-0.15, -0.1) is 0 Å². The van der Waals surface area contributed by atoms with E-state index in [4.69, 9.17) is 5.11 Å². The Hall–Kier alpha value is -1.91. The number of halogens is 1. The molecule has 0 aliphatic carbocycles. The molecule has 0 bridgehead atoms. The fraction of sp³-hybridized carbons (Fsp3) is 0.467. The van der Waals surface area contributed by atoms with Gasteiger partial charge in [0.1, 0.15) is 11.9 Å². The van der Waals surface area contributed by atoms with Gasteiger partial charge in [0.05, 0.1) is 5.92 Å². The van der Waals surface area contributed by atoms with Crippen LogP contribution in [0, 0.1) is 11.7 Å². The summed E-state index contributed by atoms with van der Waals surface area (Å²) in [6, 6.07) is 5.05. The monoisotopic (exact) mass is 281 g/mol. The van der Waals surface area contributed by atoms with Crippen LogP contribution < -0.4 is 5.32 Å². The van der Waals surface area contributed by atoms with E-state index in [1.807, 2.05) is 13.8 Å². The van der Waals surface area contributed by atoms with E-state index in [0.717, 1.165) is 0 Å². The number of hydrogen-bond acceptors (Lipinski definition) is 2. The standard InChI is InChI=1S/C15H20FNO3/c1-9(2)8-13(15(19)20)17-14(18)10(3)11-6-4-5-7-12(11)16/h4-7,9-10,13H,8H2,1-3H3,(H,17,18)(H,19,20)/t10-,13-/m1/s1. The van der Waals surface area contributed by atoms with Gasteiger partial charge in [0, 0.05) is 0 Å². The number of carbonyl (C=O) groups excluding carboxylic acids is 1. The first kappa shape index (κ1) is 16.1. The molecular formula is C15H20FNO3. The van der Waals surface area contributed by atoms with Crippen molar-refractivity contribution in [2.45, 2.75) is 39.2 Å². The summed E-state index contributed by atoms with van der Waals surface area (Å²) in [7, 11) is 0.